The van der Waals surface area contributed by atoms with Crippen LogP contribution in [-0.4, -0.2) is 84.7 Å². The predicted octanol–water partition coefficient (Wildman–Crippen LogP) is 6.16. The molecule has 3 atom stereocenters. The number of anilines is 1. The largest absolute Gasteiger partial charge is 0.493 e. The number of fused-ring (bicyclic) bond motifs is 4. The third-order valence-corrected chi connectivity index (χ3v) is 9.12. The van der Waals surface area contributed by atoms with Crippen LogP contribution in [0.3, 0.4) is 0 Å². The highest BCUT2D eigenvalue weighted by atomic mass is 16.5. The minimum atomic E-state index is -0.918. The molecule has 258 valence electrons. The summed E-state index contributed by atoms with van der Waals surface area (Å²) in [6.45, 7) is 8.46. The molecule has 11 nitrogen and oxygen atoms in total. The summed E-state index contributed by atoms with van der Waals surface area (Å²) in [6, 6.07) is 6.25. The standard InChI is InChI=1S/C38H44N4O7/c1-7-10-24-14-26-20-39-29-18-34(32(46-5)16-27(29)36(43)40(26)21-24)48-12-9-13-49-35-19-30-28(17-33(35)47-6)37(44)41-22-25(11-8-2)15-31(41)38(45)42(30)23(3)4/h7-8,10-11,16-23,26,31,38,45H,9,12-15H2,1-6H3/b10-7+,11-8+/t26-,31-,38?/m0/s1. The van der Waals surface area contributed by atoms with Gasteiger partial charge in [0.05, 0.1) is 62.0 Å². The molecule has 0 aromatic heterocycles. The number of hydrogen-bond donors (Lipinski definition) is 1. The smallest absolute Gasteiger partial charge is 0.260 e. The van der Waals surface area contributed by atoms with Crippen LogP contribution in [0.2, 0.25) is 0 Å². The molecule has 0 radical (unpaired) electrons. The first-order valence-electron chi connectivity index (χ1n) is 16.7. The minimum Gasteiger partial charge on any atom is -0.493 e. The van der Waals surface area contributed by atoms with Crippen molar-refractivity contribution in [3.63, 3.8) is 0 Å². The van der Waals surface area contributed by atoms with Crippen LogP contribution < -0.4 is 23.8 Å². The van der Waals surface area contributed by atoms with Crippen molar-refractivity contribution in [1.82, 2.24) is 9.80 Å². The fourth-order valence-electron chi connectivity index (χ4n) is 6.86. The topological polar surface area (TPSA) is 113 Å². The van der Waals surface area contributed by atoms with E-state index in [9.17, 15) is 14.7 Å². The van der Waals surface area contributed by atoms with Gasteiger partial charge < -0.3 is 38.8 Å². The molecule has 2 amide bonds. The summed E-state index contributed by atoms with van der Waals surface area (Å²) in [5.41, 5.74) is 4.08. The van der Waals surface area contributed by atoms with Gasteiger partial charge in [0.25, 0.3) is 11.8 Å². The molecular weight excluding hydrogens is 624 g/mol. The lowest BCUT2D eigenvalue weighted by molar-refractivity contribution is 0.0561. The Balaban J connectivity index is 1.16. The number of benzene rings is 2. The summed E-state index contributed by atoms with van der Waals surface area (Å²) in [6.07, 6.45) is 14.2. The normalized spacial score (nSPS) is 21.4. The van der Waals surface area contributed by atoms with Gasteiger partial charge >= 0.3 is 0 Å². The first-order valence-corrected chi connectivity index (χ1v) is 16.7. The number of aliphatic imine (C=N–C) groups is 1. The number of methoxy groups -OCH3 is 2. The van der Waals surface area contributed by atoms with Crippen LogP contribution in [0.1, 0.15) is 67.7 Å². The van der Waals surface area contributed by atoms with Crippen LogP contribution in [0.5, 0.6) is 23.0 Å². The van der Waals surface area contributed by atoms with Crippen molar-refractivity contribution in [2.24, 2.45) is 4.99 Å². The predicted molar refractivity (Wildman–Crippen MR) is 188 cm³/mol. The molecule has 4 aliphatic rings. The number of aliphatic hydroxyl groups is 1. The van der Waals surface area contributed by atoms with Crippen molar-refractivity contribution in [1.29, 1.82) is 0 Å². The van der Waals surface area contributed by atoms with E-state index in [0.717, 1.165) is 11.1 Å². The number of rotatable bonds is 11. The lowest BCUT2D eigenvalue weighted by atomic mass is 10.1. The Morgan fingerprint density at radius 3 is 2.06 bits per heavy atom. The summed E-state index contributed by atoms with van der Waals surface area (Å²) in [5.74, 6) is 1.47. The van der Waals surface area contributed by atoms with E-state index in [1.54, 1.807) is 41.2 Å². The van der Waals surface area contributed by atoms with E-state index >= 15 is 0 Å². The third-order valence-electron chi connectivity index (χ3n) is 9.12. The van der Waals surface area contributed by atoms with Gasteiger partial charge in [0.15, 0.2) is 23.0 Å². The molecule has 0 saturated heterocycles. The molecule has 0 spiro atoms. The molecule has 4 heterocycles. The molecule has 1 N–H and O–H groups in total. The SMILES string of the molecule is C/C=C/C1=CN2C(=O)c3cc(OC)c(OCCCOc4cc5c(cc4OC)C(=O)N4C=C(/C=C/C)C[C@H]4C(O)N5C(C)C)cc3N=C[C@@H]2C1. The lowest BCUT2D eigenvalue weighted by Gasteiger charge is -2.36. The van der Waals surface area contributed by atoms with Gasteiger partial charge in [-0.05, 0) is 63.8 Å². The van der Waals surface area contributed by atoms with E-state index in [1.807, 2.05) is 75.5 Å². The molecule has 0 saturated carbocycles. The van der Waals surface area contributed by atoms with Crippen molar-refractivity contribution in [3.05, 3.63) is 83.2 Å². The maximum Gasteiger partial charge on any atom is 0.260 e. The Morgan fingerprint density at radius 1 is 0.837 bits per heavy atom. The number of aliphatic hydroxyl groups excluding tert-OH is 1. The summed E-state index contributed by atoms with van der Waals surface area (Å²) in [4.78, 5) is 37.1. The second-order valence-corrected chi connectivity index (χ2v) is 12.7. The van der Waals surface area contributed by atoms with Crippen LogP contribution >= 0.6 is 0 Å². The molecule has 4 aliphatic heterocycles. The molecule has 11 heteroatoms. The van der Waals surface area contributed by atoms with Crippen molar-refractivity contribution < 1.29 is 33.6 Å². The average Bonchev–Trinajstić information content (AvgIpc) is 3.66. The second-order valence-electron chi connectivity index (χ2n) is 12.7. The Morgan fingerprint density at radius 2 is 1.43 bits per heavy atom. The van der Waals surface area contributed by atoms with Gasteiger partial charge in [-0.1, -0.05) is 24.3 Å². The summed E-state index contributed by atoms with van der Waals surface area (Å²) >= 11 is 0. The maximum atomic E-state index is 13.8. The number of amides is 2. The molecular formula is C38H44N4O7. The molecule has 1 unspecified atom stereocenters. The number of allylic oxidation sites excluding steroid dienone is 4. The number of ether oxygens (including phenoxy) is 4. The van der Waals surface area contributed by atoms with E-state index in [2.05, 4.69) is 4.99 Å². The summed E-state index contributed by atoms with van der Waals surface area (Å²) in [5, 5.41) is 11.6. The zero-order valence-corrected chi connectivity index (χ0v) is 28.9. The number of nitrogens with zero attached hydrogens (tertiary/aromatic N) is 4. The molecule has 0 aliphatic carbocycles. The first-order chi connectivity index (χ1) is 23.7. The van der Waals surface area contributed by atoms with Gasteiger partial charge in [0, 0.05) is 43.2 Å². The van der Waals surface area contributed by atoms with Gasteiger partial charge in [-0.3, -0.25) is 14.6 Å². The Bertz CT molecular complexity index is 1780. The van der Waals surface area contributed by atoms with E-state index in [4.69, 9.17) is 18.9 Å². The number of hydrogen-bond acceptors (Lipinski definition) is 9. The summed E-state index contributed by atoms with van der Waals surface area (Å²) < 4.78 is 23.6. The van der Waals surface area contributed by atoms with Crippen LogP contribution in [0.15, 0.2) is 77.1 Å². The van der Waals surface area contributed by atoms with Crippen LogP contribution in [0, 0.1) is 0 Å². The zero-order valence-electron chi connectivity index (χ0n) is 28.9. The molecule has 0 fully saturated rings. The van der Waals surface area contributed by atoms with Crippen LogP contribution in [0.25, 0.3) is 0 Å². The third kappa shape index (κ3) is 6.42. The molecule has 6 rings (SSSR count). The van der Waals surface area contributed by atoms with Crippen molar-refractivity contribution in [2.75, 3.05) is 32.3 Å². The molecule has 2 aromatic rings. The Labute approximate surface area is 287 Å². The fraction of sp³-hybridized carbons (Fsp3) is 0.395. The number of carbonyl (C=O) groups is 2. The average molecular weight is 669 g/mol. The van der Waals surface area contributed by atoms with Gasteiger partial charge in [-0.25, -0.2) is 0 Å². The monoisotopic (exact) mass is 668 g/mol. The van der Waals surface area contributed by atoms with Gasteiger partial charge in [0.1, 0.15) is 6.23 Å². The Kier molecular flexibility index (Phi) is 9.82. The van der Waals surface area contributed by atoms with Crippen LogP contribution in [-0.2, 0) is 0 Å². The van der Waals surface area contributed by atoms with Crippen molar-refractivity contribution in [3.8, 4) is 23.0 Å². The molecule has 2 aromatic carbocycles. The molecule has 0 bridgehead atoms. The lowest BCUT2D eigenvalue weighted by Crippen LogP contribution is -2.50. The Hall–Kier alpha value is -5.03. The highest BCUT2D eigenvalue weighted by Crippen LogP contribution is 2.43. The highest BCUT2D eigenvalue weighted by molar-refractivity contribution is 6.04. The highest BCUT2D eigenvalue weighted by Gasteiger charge is 2.43. The molecule has 49 heavy (non-hydrogen) atoms. The van der Waals surface area contributed by atoms with Crippen molar-refractivity contribution in [2.45, 2.75) is 71.3 Å². The first kappa shape index (κ1) is 33.9. The van der Waals surface area contributed by atoms with Gasteiger partial charge in [-0.2, -0.15) is 0 Å². The second kappa shape index (κ2) is 14.2. The number of carbonyl (C=O) groups excluding carboxylic acids is 2. The van der Waals surface area contributed by atoms with E-state index in [1.165, 1.54) is 7.11 Å². The maximum absolute atomic E-state index is 13.8. The van der Waals surface area contributed by atoms with Crippen LogP contribution in [0.4, 0.5) is 11.4 Å². The van der Waals surface area contributed by atoms with Gasteiger partial charge in [-0.15, -0.1) is 0 Å². The summed E-state index contributed by atoms with van der Waals surface area (Å²) in [7, 11) is 3.08. The van der Waals surface area contributed by atoms with E-state index in [0.29, 0.717) is 78.0 Å². The quantitative estimate of drug-likeness (QED) is 0.283. The fourth-order valence-corrected chi connectivity index (χ4v) is 6.86. The van der Waals surface area contributed by atoms with Gasteiger partial charge in [0.2, 0.25) is 0 Å². The minimum absolute atomic E-state index is 0.0959. The van der Waals surface area contributed by atoms with E-state index < -0.39 is 12.3 Å². The van der Waals surface area contributed by atoms with Crippen molar-refractivity contribution >= 4 is 29.4 Å². The zero-order chi connectivity index (χ0) is 34.8. The van der Waals surface area contributed by atoms with E-state index in [-0.39, 0.29) is 23.9 Å².